The lowest BCUT2D eigenvalue weighted by molar-refractivity contribution is -0.140. The Labute approximate surface area is 133 Å². The quantitative estimate of drug-likeness (QED) is 0.832. The molecule has 1 rings (SSSR count). The Balaban J connectivity index is 2.74. The lowest BCUT2D eigenvalue weighted by atomic mass is 9.98. The molecule has 0 saturated carbocycles. The molecule has 0 bridgehead atoms. The molecule has 0 aliphatic rings. The van der Waals surface area contributed by atoms with Gasteiger partial charge in [0.15, 0.2) is 0 Å². The predicted octanol–water partition coefficient (Wildman–Crippen LogP) is 2.43. The predicted molar refractivity (Wildman–Crippen MR) is 80.6 cm³/mol. The van der Waals surface area contributed by atoms with E-state index in [0.29, 0.717) is 5.56 Å². The van der Waals surface area contributed by atoms with Gasteiger partial charge in [0, 0.05) is 27.1 Å². The van der Waals surface area contributed by atoms with Crippen LogP contribution in [0, 0.1) is 5.92 Å². The van der Waals surface area contributed by atoms with Crippen molar-refractivity contribution in [2.45, 2.75) is 19.5 Å². The Kier molecular flexibility index (Phi) is 6.18. The minimum absolute atomic E-state index is 0.0568. The number of likely N-dealkylation sites (N-methyl/N-ethyl adjacent to an activating group) is 2. The van der Waals surface area contributed by atoms with Crippen LogP contribution in [-0.2, 0) is 22.2 Å². The molecule has 0 N–H and O–H groups in total. The SMILES string of the molecule is C[C@@H](Cc1cccc(C(F)(F)F)c1)C(=O)N(C)CC(=O)N(C)C. The highest BCUT2D eigenvalue weighted by Crippen LogP contribution is 2.30. The van der Waals surface area contributed by atoms with Gasteiger partial charge >= 0.3 is 6.18 Å². The van der Waals surface area contributed by atoms with Gasteiger partial charge in [-0.25, -0.2) is 0 Å². The van der Waals surface area contributed by atoms with E-state index in [1.807, 2.05) is 0 Å². The lowest BCUT2D eigenvalue weighted by Crippen LogP contribution is -2.40. The summed E-state index contributed by atoms with van der Waals surface area (Å²) in [4.78, 5) is 26.5. The van der Waals surface area contributed by atoms with E-state index in [4.69, 9.17) is 0 Å². The summed E-state index contributed by atoms with van der Waals surface area (Å²) in [6.45, 7) is 1.58. The van der Waals surface area contributed by atoms with E-state index < -0.39 is 17.7 Å². The molecule has 0 fully saturated rings. The molecule has 23 heavy (non-hydrogen) atoms. The number of hydrogen-bond acceptors (Lipinski definition) is 2. The molecule has 0 unspecified atom stereocenters. The maximum atomic E-state index is 12.7. The molecule has 0 radical (unpaired) electrons. The molecule has 0 spiro atoms. The van der Waals surface area contributed by atoms with Gasteiger partial charge in [-0.05, 0) is 18.1 Å². The van der Waals surface area contributed by atoms with Crippen LogP contribution < -0.4 is 0 Å². The van der Waals surface area contributed by atoms with Gasteiger partial charge in [0.25, 0.3) is 0 Å². The van der Waals surface area contributed by atoms with Crippen molar-refractivity contribution < 1.29 is 22.8 Å². The summed E-state index contributed by atoms with van der Waals surface area (Å²) in [5.41, 5.74) is -0.293. The Morgan fingerprint density at radius 2 is 1.78 bits per heavy atom. The average molecular weight is 330 g/mol. The summed E-state index contributed by atoms with van der Waals surface area (Å²) in [5, 5.41) is 0. The van der Waals surface area contributed by atoms with Crippen LogP contribution in [0.5, 0.6) is 0 Å². The van der Waals surface area contributed by atoms with Crippen LogP contribution in [0.25, 0.3) is 0 Å². The largest absolute Gasteiger partial charge is 0.416 e. The van der Waals surface area contributed by atoms with Crippen molar-refractivity contribution in [3.63, 3.8) is 0 Å². The summed E-state index contributed by atoms with van der Waals surface area (Å²) < 4.78 is 38.1. The molecule has 0 saturated heterocycles. The first-order valence-electron chi connectivity index (χ1n) is 7.13. The van der Waals surface area contributed by atoms with Gasteiger partial charge < -0.3 is 9.80 Å². The number of amides is 2. The third kappa shape index (κ3) is 5.58. The van der Waals surface area contributed by atoms with Gasteiger partial charge in [-0.3, -0.25) is 9.59 Å². The van der Waals surface area contributed by atoms with Crippen LogP contribution in [0.1, 0.15) is 18.1 Å². The molecule has 1 aromatic carbocycles. The van der Waals surface area contributed by atoms with Crippen molar-refractivity contribution in [3.05, 3.63) is 35.4 Å². The van der Waals surface area contributed by atoms with Crippen LogP contribution in [0.4, 0.5) is 13.2 Å². The minimum Gasteiger partial charge on any atom is -0.347 e. The van der Waals surface area contributed by atoms with Crippen molar-refractivity contribution in [2.24, 2.45) is 5.92 Å². The second-order valence-corrected chi connectivity index (χ2v) is 5.79. The number of nitrogens with zero attached hydrogens (tertiary/aromatic N) is 2. The van der Waals surface area contributed by atoms with Gasteiger partial charge in [-0.15, -0.1) is 0 Å². The number of alkyl halides is 3. The highest BCUT2D eigenvalue weighted by molar-refractivity contribution is 5.85. The summed E-state index contributed by atoms with van der Waals surface area (Å²) in [5.74, 6) is -1.01. The molecule has 0 aliphatic carbocycles. The molecule has 1 atom stereocenters. The third-order valence-electron chi connectivity index (χ3n) is 3.47. The molecule has 2 amide bonds. The van der Waals surface area contributed by atoms with Crippen molar-refractivity contribution in [3.8, 4) is 0 Å². The zero-order valence-electron chi connectivity index (χ0n) is 13.6. The summed E-state index contributed by atoms with van der Waals surface area (Å²) >= 11 is 0. The zero-order valence-corrected chi connectivity index (χ0v) is 13.6. The number of benzene rings is 1. The highest BCUT2D eigenvalue weighted by Gasteiger charge is 2.30. The van der Waals surface area contributed by atoms with E-state index >= 15 is 0 Å². The number of halogens is 3. The van der Waals surface area contributed by atoms with Crippen molar-refractivity contribution in [1.29, 1.82) is 0 Å². The molecule has 0 aromatic heterocycles. The number of rotatable bonds is 5. The van der Waals surface area contributed by atoms with E-state index in [-0.39, 0.29) is 24.8 Å². The van der Waals surface area contributed by atoms with Crippen molar-refractivity contribution in [2.75, 3.05) is 27.7 Å². The van der Waals surface area contributed by atoms with Crippen molar-refractivity contribution >= 4 is 11.8 Å². The second kappa shape index (κ2) is 7.48. The van der Waals surface area contributed by atoms with E-state index in [1.54, 1.807) is 27.1 Å². The molecule has 4 nitrogen and oxygen atoms in total. The Hall–Kier alpha value is -2.05. The maximum Gasteiger partial charge on any atom is 0.416 e. The van der Waals surface area contributed by atoms with Crippen LogP contribution in [-0.4, -0.2) is 49.3 Å². The molecule has 1 aromatic rings. The normalized spacial score (nSPS) is 12.7. The Bertz CT molecular complexity index is 571. The first-order valence-corrected chi connectivity index (χ1v) is 7.13. The average Bonchev–Trinajstić information content (AvgIpc) is 2.45. The fourth-order valence-electron chi connectivity index (χ4n) is 2.11. The monoisotopic (exact) mass is 330 g/mol. The van der Waals surface area contributed by atoms with E-state index in [2.05, 4.69) is 0 Å². The smallest absolute Gasteiger partial charge is 0.347 e. The maximum absolute atomic E-state index is 12.7. The highest BCUT2D eigenvalue weighted by atomic mass is 19.4. The number of hydrogen-bond donors (Lipinski definition) is 0. The van der Waals surface area contributed by atoms with Crippen LogP contribution >= 0.6 is 0 Å². The van der Waals surface area contributed by atoms with E-state index in [1.165, 1.54) is 22.9 Å². The minimum atomic E-state index is -4.40. The Morgan fingerprint density at radius 1 is 1.17 bits per heavy atom. The van der Waals surface area contributed by atoms with Crippen LogP contribution in [0.15, 0.2) is 24.3 Å². The topological polar surface area (TPSA) is 40.6 Å². The fraction of sp³-hybridized carbons (Fsp3) is 0.500. The second-order valence-electron chi connectivity index (χ2n) is 5.79. The molecule has 128 valence electrons. The molecular formula is C16H21F3N2O2. The number of carbonyl (C=O) groups excluding carboxylic acids is 2. The van der Waals surface area contributed by atoms with Gasteiger partial charge in [0.05, 0.1) is 12.1 Å². The standard InChI is InChI=1S/C16H21F3N2O2/c1-11(15(23)21(4)10-14(22)20(2)3)8-12-6-5-7-13(9-12)16(17,18)19/h5-7,9,11H,8,10H2,1-4H3/t11-/m0/s1. The number of carbonyl (C=O) groups is 2. The summed E-state index contributed by atoms with van der Waals surface area (Å²) in [6.07, 6.45) is -4.22. The van der Waals surface area contributed by atoms with Gasteiger partial charge in [-0.1, -0.05) is 25.1 Å². The lowest BCUT2D eigenvalue weighted by Gasteiger charge is -2.22. The molecule has 7 heteroatoms. The summed E-state index contributed by atoms with van der Waals surface area (Å²) in [7, 11) is 4.69. The zero-order chi connectivity index (χ0) is 17.8. The molecular weight excluding hydrogens is 309 g/mol. The summed E-state index contributed by atoms with van der Waals surface area (Å²) in [6, 6.07) is 4.94. The third-order valence-corrected chi connectivity index (χ3v) is 3.47. The van der Waals surface area contributed by atoms with E-state index in [9.17, 15) is 22.8 Å². The van der Waals surface area contributed by atoms with Crippen LogP contribution in [0.3, 0.4) is 0 Å². The fourth-order valence-corrected chi connectivity index (χ4v) is 2.11. The first kappa shape index (κ1) is 19.0. The Morgan fingerprint density at radius 3 is 2.30 bits per heavy atom. The van der Waals surface area contributed by atoms with Crippen molar-refractivity contribution in [1.82, 2.24) is 9.80 Å². The first-order chi connectivity index (χ1) is 10.5. The molecule has 0 aliphatic heterocycles. The van der Waals surface area contributed by atoms with Gasteiger partial charge in [0.2, 0.25) is 11.8 Å². The van der Waals surface area contributed by atoms with Gasteiger partial charge in [0.1, 0.15) is 0 Å². The van der Waals surface area contributed by atoms with Gasteiger partial charge in [-0.2, -0.15) is 13.2 Å². The molecule has 0 heterocycles. The van der Waals surface area contributed by atoms with E-state index in [0.717, 1.165) is 12.1 Å². The van der Waals surface area contributed by atoms with Crippen LogP contribution in [0.2, 0.25) is 0 Å².